The molecule has 0 aliphatic rings. The second-order valence-corrected chi connectivity index (χ2v) is 8.62. The number of hydrogen-bond acceptors (Lipinski definition) is 7. The number of benzene rings is 1. The van der Waals surface area contributed by atoms with Crippen molar-refractivity contribution in [1.82, 2.24) is 24.7 Å². The molecule has 1 aromatic carbocycles. The Morgan fingerprint density at radius 3 is 2.41 bits per heavy atom. The van der Waals surface area contributed by atoms with Crippen LogP contribution in [0.15, 0.2) is 46.5 Å². The maximum Gasteiger partial charge on any atom is 0.423 e. The van der Waals surface area contributed by atoms with Crippen LogP contribution in [0.5, 0.6) is 5.75 Å². The first-order valence-corrected chi connectivity index (χ1v) is 11.3. The van der Waals surface area contributed by atoms with Crippen molar-refractivity contribution in [2.75, 3.05) is 12.4 Å². The molecule has 0 bridgehead atoms. The van der Waals surface area contributed by atoms with Crippen LogP contribution in [0.3, 0.4) is 0 Å². The van der Waals surface area contributed by atoms with Crippen LogP contribution in [0.2, 0.25) is 0 Å². The summed E-state index contributed by atoms with van der Waals surface area (Å²) in [7, 11) is 1.39. The van der Waals surface area contributed by atoms with E-state index in [0.717, 1.165) is 24.5 Å². The molecule has 2 N–H and O–H groups in total. The van der Waals surface area contributed by atoms with Gasteiger partial charge in [-0.25, -0.2) is 28.2 Å². The van der Waals surface area contributed by atoms with E-state index >= 15 is 0 Å². The number of rotatable bonds is 8. The first-order chi connectivity index (χ1) is 18.4. The number of methoxy groups -OCH3 is 1. The summed E-state index contributed by atoms with van der Waals surface area (Å²) in [6.45, 7) is 0.693. The van der Waals surface area contributed by atoms with Crippen molar-refractivity contribution >= 4 is 16.5 Å². The summed E-state index contributed by atoms with van der Waals surface area (Å²) in [4.78, 5) is 32.4. The fourth-order valence-electron chi connectivity index (χ4n) is 4.02. The van der Waals surface area contributed by atoms with Crippen molar-refractivity contribution in [3.63, 3.8) is 0 Å². The van der Waals surface area contributed by atoms with Gasteiger partial charge in [-0.1, -0.05) is 0 Å². The number of nitrogens with one attached hydrogen (secondary N) is 2. The van der Waals surface area contributed by atoms with E-state index in [9.17, 15) is 35.9 Å². The first-order valence-electron chi connectivity index (χ1n) is 11.3. The van der Waals surface area contributed by atoms with E-state index in [4.69, 9.17) is 4.74 Å². The minimum absolute atomic E-state index is 0.0756. The molecule has 0 saturated heterocycles. The number of hydrogen-bond donors (Lipinski definition) is 2. The maximum absolute atomic E-state index is 14.9. The predicted octanol–water partition coefficient (Wildman–Crippen LogP) is 4.08. The number of alkyl halides is 4. The van der Waals surface area contributed by atoms with Crippen LogP contribution in [0.25, 0.3) is 22.2 Å². The molecule has 2 atom stereocenters. The molecule has 0 saturated carbocycles. The summed E-state index contributed by atoms with van der Waals surface area (Å²) < 4.78 is 90.0. The number of anilines is 1. The quantitative estimate of drug-likeness (QED) is 0.316. The highest BCUT2D eigenvalue weighted by Gasteiger charge is 2.37. The summed E-state index contributed by atoms with van der Waals surface area (Å²) in [6.07, 6.45) is -3.16. The Morgan fingerprint density at radius 1 is 1.08 bits per heavy atom. The third-order valence-electron chi connectivity index (χ3n) is 5.78. The van der Waals surface area contributed by atoms with Crippen LogP contribution >= 0.6 is 0 Å². The fraction of sp³-hybridized carbons (Fsp3) is 0.292. The number of aromatic nitrogens is 5. The predicted molar refractivity (Wildman–Crippen MR) is 128 cm³/mol. The zero-order valence-electron chi connectivity index (χ0n) is 20.3. The zero-order chi connectivity index (χ0) is 28.5. The molecule has 9 nitrogen and oxygen atoms in total. The summed E-state index contributed by atoms with van der Waals surface area (Å²) in [6, 6.07) is 0.923. The zero-order valence-corrected chi connectivity index (χ0v) is 20.3. The highest BCUT2D eigenvalue weighted by molar-refractivity contribution is 5.86. The Morgan fingerprint density at radius 2 is 1.77 bits per heavy atom. The van der Waals surface area contributed by atoms with Gasteiger partial charge in [-0.3, -0.25) is 9.59 Å². The average molecular weight is 554 g/mol. The lowest BCUT2D eigenvalue weighted by molar-refractivity contribution is -0.138. The molecular formula is C24H20F6N6O3. The molecule has 0 spiro atoms. The Balaban J connectivity index is 1.55. The standard InChI is InChI=1S/C24H20F6N6O3/c1-11(34-19-8-33-35-22(37)20(19)24(28,29)30)3-12(25)9-36-10-18(27)14-4-16(17(26)5-15(14)23(36)38)21-31-6-13(39-2)7-32-21/h4-8,10-12H,3,9H2,1-2H3,(H2,34,35,37)/t11-,12-/m0/s1. The third-order valence-corrected chi connectivity index (χ3v) is 5.78. The van der Waals surface area contributed by atoms with E-state index in [1.807, 2.05) is 0 Å². The molecule has 39 heavy (non-hydrogen) atoms. The largest absolute Gasteiger partial charge is 0.494 e. The van der Waals surface area contributed by atoms with E-state index in [-0.39, 0.29) is 22.2 Å². The Bertz CT molecular complexity index is 1620. The smallest absolute Gasteiger partial charge is 0.423 e. The normalized spacial score (nSPS) is 13.3. The summed E-state index contributed by atoms with van der Waals surface area (Å²) >= 11 is 0. The number of fused-ring (bicyclic) bond motifs is 1. The van der Waals surface area contributed by atoms with Gasteiger partial charge < -0.3 is 14.6 Å². The van der Waals surface area contributed by atoms with Crippen LogP contribution in [-0.2, 0) is 12.7 Å². The highest BCUT2D eigenvalue weighted by atomic mass is 19.4. The van der Waals surface area contributed by atoms with Crippen LogP contribution in [0, 0.1) is 11.6 Å². The molecule has 3 heterocycles. The SMILES string of the molecule is COc1cnc(-c2cc3c(F)cn(C[C@@H](F)C[C@H](C)Nc4cn[nH]c(=O)c4C(F)(F)F)c(=O)c3cc2F)nc1. The Kier molecular flexibility index (Phi) is 7.60. The van der Waals surface area contributed by atoms with Crippen LogP contribution in [0.1, 0.15) is 18.9 Å². The van der Waals surface area contributed by atoms with Gasteiger partial charge in [0.25, 0.3) is 11.1 Å². The van der Waals surface area contributed by atoms with Gasteiger partial charge in [-0.05, 0) is 19.1 Å². The average Bonchev–Trinajstić information content (AvgIpc) is 2.86. The maximum atomic E-state index is 14.9. The van der Waals surface area contributed by atoms with Gasteiger partial charge in [-0.15, -0.1) is 0 Å². The summed E-state index contributed by atoms with van der Waals surface area (Å²) in [5.74, 6) is -1.62. The molecular weight excluding hydrogens is 534 g/mol. The number of H-pyrrole nitrogens is 1. The van der Waals surface area contributed by atoms with Crippen LogP contribution in [-0.4, -0.2) is 44.1 Å². The summed E-state index contributed by atoms with van der Waals surface area (Å²) in [5.41, 5.74) is -4.68. The second-order valence-electron chi connectivity index (χ2n) is 8.62. The van der Waals surface area contributed by atoms with E-state index in [0.29, 0.717) is 10.3 Å². The number of halogens is 6. The minimum Gasteiger partial charge on any atom is -0.494 e. The van der Waals surface area contributed by atoms with Crippen molar-refractivity contribution in [1.29, 1.82) is 0 Å². The van der Waals surface area contributed by atoms with Crippen molar-refractivity contribution < 1.29 is 31.1 Å². The van der Waals surface area contributed by atoms with Gasteiger partial charge in [0, 0.05) is 24.0 Å². The van der Waals surface area contributed by atoms with Gasteiger partial charge in [0.15, 0.2) is 11.6 Å². The molecule has 0 aliphatic heterocycles. The van der Waals surface area contributed by atoms with Crippen molar-refractivity contribution in [3.05, 3.63) is 74.8 Å². The Hall–Kier alpha value is -4.43. The van der Waals surface area contributed by atoms with Crippen molar-refractivity contribution in [3.8, 4) is 17.1 Å². The molecule has 15 heteroatoms. The monoisotopic (exact) mass is 554 g/mol. The van der Waals surface area contributed by atoms with Gasteiger partial charge in [0.1, 0.15) is 23.4 Å². The fourth-order valence-corrected chi connectivity index (χ4v) is 4.02. The number of aromatic amines is 1. The lowest BCUT2D eigenvalue weighted by Crippen LogP contribution is -2.30. The van der Waals surface area contributed by atoms with E-state index in [2.05, 4.69) is 20.4 Å². The molecule has 0 radical (unpaired) electrons. The van der Waals surface area contributed by atoms with Gasteiger partial charge >= 0.3 is 6.18 Å². The minimum atomic E-state index is -4.99. The van der Waals surface area contributed by atoms with Crippen molar-refractivity contribution in [2.24, 2.45) is 0 Å². The second kappa shape index (κ2) is 10.7. The van der Waals surface area contributed by atoms with Gasteiger partial charge in [0.05, 0.1) is 48.9 Å². The third kappa shape index (κ3) is 5.86. The molecule has 0 fully saturated rings. The van der Waals surface area contributed by atoms with Gasteiger partial charge in [-0.2, -0.15) is 18.3 Å². The molecule has 4 aromatic rings. The molecule has 0 amide bonds. The Labute approximate surface area is 215 Å². The molecule has 4 rings (SSSR count). The van der Waals surface area contributed by atoms with Gasteiger partial charge in [0.2, 0.25) is 0 Å². The van der Waals surface area contributed by atoms with E-state index in [1.165, 1.54) is 26.4 Å². The molecule has 0 unspecified atom stereocenters. The molecule has 0 aliphatic carbocycles. The van der Waals surface area contributed by atoms with Crippen LogP contribution < -0.4 is 21.2 Å². The lowest BCUT2D eigenvalue weighted by Gasteiger charge is -2.20. The highest BCUT2D eigenvalue weighted by Crippen LogP contribution is 2.32. The molecule has 206 valence electrons. The lowest BCUT2D eigenvalue weighted by atomic mass is 10.1. The number of nitrogens with zero attached hydrogens (tertiary/aromatic N) is 4. The number of pyridine rings is 1. The topological polar surface area (TPSA) is 115 Å². The van der Waals surface area contributed by atoms with E-state index < -0.39 is 65.4 Å². The van der Waals surface area contributed by atoms with E-state index in [1.54, 1.807) is 5.10 Å². The van der Waals surface area contributed by atoms with Crippen LogP contribution in [0.4, 0.5) is 32.0 Å². The van der Waals surface area contributed by atoms with Crippen molar-refractivity contribution in [2.45, 2.75) is 38.3 Å². The molecule has 3 aromatic heterocycles. The summed E-state index contributed by atoms with van der Waals surface area (Å²) in [5, 5.41) is 6.82. The first kappa shape index (κ1) is 27.6. The number of ether oxygens (including phenoxy) is 1.